The molecule has 1 amide bonds. The molecular weight excluding hydrogens is 240 g/mol. The van der Waals surface area contributed by atoms with Gasteiger partial charge in [0.15, 0.2) is 0 Å². The fourth-order valence-corrected chi connectivity index (χ4v) is 1.56. The maximum atomic E-state index is 11.5. The minimum absolute atomic E-state index is 0.0710. The van der Waals surface area contributed by atoms with Crippen LogP contribution in [0.4, 0.5) is 5.69 Å². The number of aryl methyl sites for hydroxylation is 1. The topological polar surface area (TPSA) is 110 Å². The van der Waals surface area contributed by atoms with E-state index in [9.17, 15) is 14.9 Å². The van der Waals surface area contributed by atoms with Crippen LogP contribution < -0.4 is 5.32 Å². The van der Waals surface area contributed by atoms with Gasteiger partial charge < -0.3 is 10.4 Å². The maximum Gasteiger partial charge on any atom is 0.312 e. The number of hydrogen-bond acceptors (Lipinski definition) is 5. The van der Waals surface area contributed by atoms with Crippen LogP contribution in [0.1, 0.15) is 18.3 Å². The Morgan fingerprint density at radius 3 is 2.67 bits per heavy atom. The molecule has 2 N–H and O–H groups in total. The van der Waals surface area contributed by atoms with Gasteiger partial charge in [0, 0.05) is 6.54 Å². The van der Waals surface area contributed by atoms with Crippen molar-refractivity contribution in [2.75, 3.05) is 6.54 Å². The smallest absolute Gasteiger partial charge is 0.312 e. The number of nitrogens with one attached hydrogen (secondary N) is 1. The molecular formula is C10H16N4O4. The summed E-state index contributed by atoms with van der Waals surface area (Å²) in [5.41, 5.74) is 0.545. The highest BCUT2D eigenvalue weighted by molar-refractivity contribution is 5.75. The molecule has 0 aliphatic heterocycles. The second-order valence-corrected chi connectivity index (χ2v) is 4.09. The van der Waals surface area contributed by atoms with E-state index < -0.39 is 11.0 Å². The molecule has 0 saturated heterocycles. The first kappa shape index (κ1) is 14.1. The Balaban J connectivity index is 2.77. The van der Waals surface area contributed by atoms with Gasteiger partial charge in [-0.1, -0.05) is 0 Å². The van der Waals surface area contributed by atoms with Gasteiger partial charge in [0.2, 0.25) is 5.91 Å². The number of aliphatic hydroxyl groups is 1. The number of rotatable bonds is 5. The minimum Gasteiger partial charge on any atom is -0.392 e. The van der Waals surface area contributed by atoms with Crippen LogP contribution in [0.2, 0.25) is 0 Å². The van der Waals surface area contributed by atoms with Crippen molar-refractivity contribution in [1.82, 2.24) is 15.1 Å². The SMILES string of the molecule is Cc1nn(CC(=O)NC[C@H](C)O)c(C)c1[N+](=O)[O-]. The van der Waals surface area contributed by atoms with Crippen molar-refractivity contribution in [2.24, 2.45) is 0 Å². The summed E-state index contributed by atoms with van der Waals surface area (Å²) in [7, 11) is 0. The van der Waals surface area contributed by atoms with E-state index in [0.717, 1.165) is 0 Å². The lowest BCUT2D eigenvalue weighted by molar-refractivity contribution is -0.386. The molecule has 1 aromatic rings. The van der Waals surface area contributed by atoms with Gasteiger partial charge in [-0.15, -0.1) is 0 Å². The van der Waals surface area contributed by atoms with Crippen LogP contribution in [0.5, 0.6) is 0 Å². The fraction of sp³-hybridized carbons (Fsp3) is 0.600. The molecule has 1 atom stereocenters. The molecule has 1 rings (SSSR count). The molecule has 0 aromatic carbocycles. The number of nitro groups is 1. The van der Waals surface area contributed by atoms with Crippen molar-refractivity contribution in [3.05, 3.63) is 21.5 Å². The quantitative estimate of drug-likeness (QED) is 0.564. The number of nitrogens with zero attached hydrogens (tertiary/aromatic N) is 3. The molecule has 8 nitrogen and oxygen atoms in total. The second kappa shape index (κ2) is 5.58. The van der Waals surface area contributed by atoms with Gasteiger partial charge in [-0.25, -0.2) is 0 Å². The van der Waals surface area contributed by atoms with Gasteiger partial charge in [-0.3, -0.25) is 19.6 Å². The van der Waals surface area contributed by atoms with Crippen LogP contribution in [-0.4, -0.2) is 38.4 Å². The summed E-state index contributed by atoms with van der Waals surface area (Å²) < 4.78 is 1.28. The van der Waals surface area contributed by atoms with Gasteiger partial charge in [0.1, 0.15) is 17.9 Å². The number of aromatic nitrogens is 2. The van der Waals surface area contributed by atoms with E-state index in [0.29, 0.717) is 5.69 Å². The van der Waals surface area contributed by atoms with Gasteiger partial charge in [0.05, 0.1) is 11.0 Å². The molecule has 1 heterocycles. The highest BCUT2D eigenvalue weighted by atomic mass is 16.6. The molecule has 18 heavy (non-hydrogen) atoms. The molecule has 0 saturated carbocycles. The van der Waals surface area contributed by atoms with Crippen molar-refractivity contribution >= 4 is 11.6 Å². The lowest BCUT2D eigenvalue weighted by atomic mass is 10.3. The summed E-state index contributed by atoms with van der Waals surface area (Å²) in [6, 6.07) is 0. The second-order valence-electron chi connectivity index (χ2n) is 4.09. The highest BCUT2D eigenvalue weighted by Crippen LogP contribution is 2.21. The van der Waals surface area contributed by atoms with E-state index in [-0.39, 0.29) is 30.4 Å². The van der Waals surface area contributed by atoms with Crippen LogP contribution in [0, 0.1) is 24.0 Å². The Labute approximate surface area is 104 Å². The Kier molecular flexibility index (Phi) is 4.38. The van der Waals surface area contributed by atoms with E-state index >= 15 is 0 Å². The predicted octanol–water partition coefficient (Wildman–Crippen LogP) is -0.0949. The molecule has 0 bridgehead atoms. The molecule has 100 valence electrons. The van der Waals surface area contributed by atoms with Crippen LogP contribution >= 0.6 is 0 Å². The number of aliphatic hydroxyl groups excluding tert-OH is 1. The van der Waals surface area contributed by atoms with Gasteiger partial charge in [-0.2, -0.15) is 5.10 Å². The number of hydrogen-bond donors (Lipinski definition) is 2. The minimum atomic E-state index is -0.635. The van der Waals surface area contributed by atoms with E-state index in [2.05, 4.69) is 10.4 Å². The summed E-state index contributed by atoms with van der Waals surface area (Å²) >= 11 is 0. The third-order valence-electron chi connectivity index (χ3n) is 2.41. The van der Waals surface area contributed by atoms with Gasteiger partial charge in [-0.05, 0) is 20.8 Å². The van der Waals surface area contributed by atoms with Gasteiger partial charge in [0.25, 0.3) is 0 Å². The normalized spacial score (nSPS) is 12.2. The Hall–Kier alpha value is -1.96. The average molecular weight is 256 g/mol. The van der Waals surface area contributed by atoms with Crippen molar-refractivity contribution in [3.63, 3.8) is 0 Å². The van der Waals surface area contributed by atoms with Crippen LogP contribution in [0.3, 0.4) is 0 Å². The third-order valence-corrected chi connectivity index (χ3v) is 2.41. The lowest BCUT2D eigenvalue weighted by Gasteiger charge is -2.07. The first-order chi connectivity index (χ1) is 8.32. The van der Waals surface area contributed by atoms with Crippen molar-refractivity contribution < 1.29 is 14.8 Å². The van der Waals surface area contributed by atoms with Crippen LogP contribution in [0.15, 0.2) is 0 Å². The molecule has 0 spiro atoms. The zero-order valence-electron chi connectivity index (χ0n) is 10.5. The highest BCUT2D eigenvalue weighted by Gasteiger charge is 2.22. The number of carbonyl (C=O) groups excluding carboxylic acids is 1. The fourth-order valence-electron chi connectivity index (χ4n) is 1.56. The lowest BCUT2D eigenvalue weighted by Crippen LogP contribution is -2.33. The van der Waals surface area contributed by atoms with Gasteiger partial charge >= 0.3 is 5.69 Å². The largest absolute Gasteiger partial charge is 0.392 e. The molecule has 0 fully saturated rings. The molecule has 0 aliphatic rings. The molecule has 1 aromatic heterocycles. The van der Waals surface area contributed by atoms with E-state index in [1.54, 1.807) is 13.8 Å². The summed E-state index contributed by atoms with van der Waals surface area (Å²) in [4.78, 5) is 21.8. The van der Waals surface area contributed by atoms with Crippen molar-refractivity contribution in [1.29, 1.82) is 0 Å². The van der Waals surface area contributed by atoms with E-state index in [1.165, 1.54) is 11.6 Å². The summed E-state index contributed by atoms with van der Waals surface area (Å²) in [5, 5.41) is 26.2. The monoisotopic (exact) mass is 256 g/mol. The summed E-state index contributed by atoms with van der Waals surface area (Å²) in [6.45, 7) is 4.65. The zero-order chi connectivity index (χ0) is 13.9. The van der Waals surface area contributed by atoms with Crippen molar-refractivity contribution in [3.8, 4) is 0 Å². The predicted molar refractivity (Wildman–Crippen MR) is 63.0 cm³/mol. The molecule has 0 unspecified atom stereocenters. The number of amides is 1. The van der Waals surface area contributed by atoms with E-state index in [1.807, 2.05) is 0 Å². The Morgan fingerprint density at radius 2 is 2.22 bits per heavy atom. The summed E-state index contributed by atoms with van der Waals surface area (Å²) in [5.74, 6) is -0.351. The van der Waals surface area contributed by atoms with E-state index in [4.69, 9.17) is 5.11 Å². The molecule has 0 aliphatic carbocycles. The van der Waals surface area contributed by atoms with Crippen LogP contribution in [-0.2, 0) is 11.3 Å². The Bertz CT molecular complexity index is 467. The Morgan fingerprint density at radius 1 is 1.61 bits per heavy atom. The zero-order valence-corrected chi connectivity index (χ0v) is 10.5. The standard InChI is InChI=1S/C10H16N4O4/c1-6(15)4-11-9(16)5-13-8(3)10(14(17)18)7(2)12-13/h6,15H,4-5H2,1-3H3,(H,11,16)/t6-/m0/s1. The number of carbonyl (C=O) groups is 1. The third kappa shape index (κ3) is 3.27. The molecule has 8 heteroatoms. The first-order valence-corrected chi connectivity index (χ1v) is 5.46. The average Bonchev–Trinajstić information content (AvgIpc) is 2.51. The maximum absolute atomic E-state index is 11.5. The van der Waals surface area contributed by atoms with Crippen LogP contribution in [0.25, 0.3) is 0 Å². The summed E-state index contributed by atoms with van der Waals surface area (Å²) in [6.07, 6.45) is -0.635. The van der Waals surface area contributed by atoms with Crippen molar-refractivity contribution in [2.45, 2.75) is 33.4 Å². The molecule has 0 radical (unpaired) electrons. The first-order valence-electron chi connectivity index (χ1n) is 5.46.